The number of phenols is 1. The number of benzene rings is 3. The van der Waals surface area contributed by atoms with E-state index in [2.05, 4.69) is 26.5 Å². The van der Waals surface area contributed by atoms with Crippen molar-refractivity contribution in [1.82, 2.24) is 5.43 Å². The molecule has 0 aliphatic heterocycles. The average Bonchev–Trinajstić information content (AvgIpc) is 2.64. The van der Waals surface area contributed by atoms with Gasteiger partial charge in [0.05, 0.1) is 6.21 Å². The minimum atomic E-state index is -0.728. The van der Waals surface area contributed by atoms with Crippen molar-refractivity contribution in [2.45, 2.75) is 13.0 Å². The van der Waals surface area contributed by atoms with E-state index < -0.39 is 6.10 Å². The number of carbonyl (C=O) groups is 1. The van der Waals surface area contributed by atoms with Crippen molar-refractivity contribution < 1.29 is 14.6 Å². The first-order chi connectivity index (χ1) is 12.5. The monoisotopic (exact) mass is 412 g/mol. The standard InChI is InChI=1S/C20H17BrN2O3/c1-13(26-19-8-4-6-14-5-2-3-7-17(14)19)20(25)23-22-12-15-11-16(21)9-10-18(15)24/h2-13,24H,1H3,(H,23,25)/b22-12-/t13-/m1/s1. The summed E-state index contributed by atoms with van der Waals surface area (Å²) in [5.41, 5.74) is 2.91. The zero-order chi connectivity index (χ0) is 18.5. The first-order valence-corrected chi connectivity index (χ1v) is 8.80. The highest BCUT2D eigenvalue weighted by Gasteiger charge is 2.15. The summed E-state index contributed by atoms with van der Waals surface area (Å²) in [6, 6.07) is 18.5. The number of aromatic hydroxyl groups is 1. The molecule has 3 aromatic rings. The van der Waals surface area contributed by atoms with E-state index >= 15 is 0 Å². The second-order valence-corrected chi connectivity index (χ2v) is 6.59. The number of phenolic OH excluding ortho intramolecular Hbond substituents is 1. The summed E-state index contributed by atoms with van der Waals surface area (Å²) in [6.45, 7) is 1.66. The van der Waals surface area contributed by atoms with E-state index in [0.29, 0.717) is 11.3 Å². The molecule has 0 aromatic heterocycles. The van der Waals surface area contributed by atoms with Gasteiger partial charge < -0.3 is 9.84 Å². The van der Waals surface area contributed by atoms with Gasteiger partial charge in [-0.25, -0.2) is 5.43 Å². The lowest BCUT2D eigenvalue weighted by Gasteiger charge is -2.14. The number of rotatable bonds is 5. The van der Waals surface area contributed by atoms with Crippen LogP contribution >= 0.6 is 15.9 Å². The number of nitrogens with one attached hydrogen (secondary N) is 1. The zero-order valence-electron chi connectivity index (χ0n) is 14.0. The van der Waals surface area contributed by atoms with Gasteiger partial charge in [-0.1, -0.05) is 52.3 Å². The number of halogens is 1. The lowest BCUT2D eigenvalue weighted by molar-refractivity contribution is -0.127. The van der Waals surface area contributed by atoms with Gasteiger partial charge in [-0.3, -0.25) is 4.79 Å². The fraction of sp³-hybridized carbons (Fsp3) is 0.100. The van der Waals surface area contributed by atoms with Crippen LogP contribution in [0.2, 0.25) is 0 Å². The summed E-state index contributed by atoms with van der Waals surface area (Å²) in [5.74, 6) is 0.328. The van der Waals surface area contributed by atoms with Gasteiger partial charge in [0.1, 0.15) is 11.5 Å². The molecule has 0 heterocycles. The number of hydrazone groups is 1. The van der Waals surface area contributed by atoms with Gasteiger partial charge in [-0.05, 0) is 36.6 Å². The lowest BCUT2D eigenvalue weighted by Crippen LogP contribution is -2.33. The van der Waals surface area contributed by atoms with Gasteiger partial charge in [-0.15, -0.1) is 0 Å². The third-order valence-corrected chi connectivity index (χ3v) is 4.28. The van der Waals surface area contributed by atoms with E-state index in [1.165, 1.54) is 6.21 Å². The second kappa shape index (κ2) is 8.01. The summed E-state index contributed by atoms with van der Waals surface area (Å²) in [4.78, 5) is 12.2. The zero-order valence-corrected chi connectivity index (χ0v) is 15.6. The van der Waals surface area contributed by atoms with Crippen LogP contribution in [0.5, 0.6) is 11.5 Å². The molecule has 0 unspecified atom stereocenters. The molecule has 3 rings (SSSR count). The Balaban J connectivity index is 1.66. The van der Waals surface area contributed by atoms with Gasteiger partial charge in [0.2, 0.25) is 0 Å². The van der Waals surface area contributed by atoms with Crippen LogP contribution in [0.25, 0.3) is 10.8 Å². The third-order valence-electron chi connectivity index (χ3n) is 3.79. The Hall–Kier alpha value is -2.86. The van der Waals surface area contributed by atoms with Crippen molar-refractivity contribution in [3.8, 4) is 11.5 Å². The van der Waals surface area contributed by atoms with Crippen molar-refractivity contribution in [2.24, 2.45) is 5.10 Å². The first-order valence-electron chi connectivity index (χ1n) is 8.00. The van der Waals surface area contributed by atoms with Crippen LogP contribution in [0, 0.1) is 0 Å². The van der Waals surface area contributed by atoms with Crippen molar-refractivity contribution >= 4 is 38.8 Å². The number of hydrogen-bond acceptors (Lipinski definition) is 4. The van der Waals surface area contributed by atoms with Gasteiger partial charge in [0.15, 0.2) is 6.10 Å². The molecule has 2 N–H and O–H groups in total. The molecule has 1 amide bonds. The summed E-state index contributed by atoms with van der Waals surface area (Å²) in [7, 11) is 0. The highest BCUT2D eigenvalue weighted by atomic mass is 79.9. The largest absolute Gasteiger partial charge is 0.507 e. The number of carbonyl (C=O) groups excluding carboxylic acids is 1. The normalized spacial score (nSPS) is 12.2. The van der Waals surface area contributed by atoms with E-state index in [-0.39, 0.29) is 11.7 Å². The molecule has 1 atom stereocenters. The van der Waals surface area contributed by atoms with Crippen LogP contribution in [0.3, 0.4) is 0 Å². The molecule has 26 heavy (non-hydrogen) atoms. The summed E-state index contributed by atoms with van der Waals surface area (Å²) >= 11 is 3.32. The molecule has 132 valence electrons. The van der Waals surface area contributed by atoms with Crippen LogP contribution in [0.15, 0.2) is 70.2 Å². The Kier molecular flexibility index (Phi) is 5.53. The minimum absolute atomic E-state index is 0.0752. The first kappa shape index (κ1) is 17.9. The summed E-state index contributed by atoms with van der Waals surface area (Å²) in [5, 5.41) is 15.6. The van der Waals surface area contributed by atoms with Crippen LogP contribution < -0.4 is 10.2 Å². The SMILES string of the molecule is C[C@@H](Oc1cccc2ccccc12)C(=O)N/N=C\c1cc(Br)ccc1O. The number of nitrogens with zero attached hydrogens (tertiary/aromatic N) is 1. The summed E-state index contributed by atoms with van der Waals surface area (Å²) < 4.78 is 6.59. The number of hydrogen-bond donors (Lipinski definition) is 2. The molecular formula is C20H17BrN2O3. The lowest BCUT2D eigenvalue weighted by atomic mass is 10.1. The Morgan fingerprint density at radius 2 is 1.96 bits per heavy atom. The smallest absolute Gasteiger partial charge is 0.280 e. The van der Waals surface area contributed by atoms with E-state index in [0.717, 1.165) is 15.2 Å². The Labute approximate surface area is 159 Å². The van der Waals surface area contributed by atoms with Crippen LogP contribution in [0.1, 0.15) is 12.5 Å². The van der Waals surface area contributed by atoms with Gasteiger partial charge in [0, 0.05) is 15.4 Å². The number of ether oxygens (including phenoxy) is 1. The third kappa shape index (κ3) is 4.21. The quantitative estimate of drug-likeness (QED) is 0.486. The maximum atomic E-state index is 12.2. The van der Waals surface area contributed by atoms with Crippen molar-refractivity contribution in [1.29, 1.82) is 0 Å². The molecule has 0 saturated heterocycles. The van der Waals surface area contributed by atoms with Crippen molar-refractivity contribution in [3.05, 3.63) is 70.7 Å². The topological polar surface area (TPSA) is 70.9 Å². The Bertz CT molecular complexity index is 967. The average molecular weight is 413 g/mol. The van der Waals surface area contributed by atoms with Crippen molar-refractivity contribution in [3.63, 3.8) is 0 Å². The van der Waals surface area contributed by atoms with Gasteiger partial charge in [0.25, 0.3) is 5.91 Å². The number of fused-ring (bicyclic) bond motifs is 1. The molecule has 0 fully saturated rings. The van der Waals surface area contributed by atoms with Crippen LogP contribution in [0.4, 0.5) is 0 Å². The molecule has 6 heteroatoms. The van der Waals surface area contributed by atoms with Gasteiger partial charge in [-0.2, -0.15) is 5.10 Å². The number of amides is 1. The molecule has 0 saturated carbocycles. The maximum Gasteiger partial charge on any atom is 0.280 e. The molecule has 5 nitrogen and oxygen atoms in total. The van der Waals surface area contributed by atoms with Gasteiger partial charge >= 0.3 is 0 Å². The fourth-order valence-electron chi connectivity index (χ4n) is 2.43. The predicted molar refractivity (Wildman–Crippen MR) is 106 cm³/mol. The molecule has 0 aliphatic carbocycles. The molecule has 0 aliphatic rings. The maximum absolute atomic E-state index is 12.2. The highest BCUT2D eigenvalue weighted by Crippen LogP contribution is 2.26. The second-order valence-electron chi connectivity index (χ2n) is 5.67. The van der Waals surface area contributed by atoms with E-state index in [1.807, 2.05) is 42.5 Å². The molecule has 0 spiro atoms. The molecule has 0 bridgehead atoms. The van der Waals surface area contributed by atoms with E-state index in [9.17, 15) is 9.90 Å². The Morgan fingerprint density at radius 1 is 1.19 bits per heavy atom. The molecular weight excluding hydrogens is 396 g/mol. The highest BCUT2D eigenvalue weighted by molar-refractivity contribution is 9.10. The molecule has 0 radical (unpaired) electrons. The predicted octanol–water partition coefficient (Wildman–Crippen LogP) is 4.23. The summed E-state index contributed by atoms with van der Waals surface area (Å²) in [6.07, 6.45) is 0.650. The Morgan fingerprint density at radius 3 is 2.81 bits per heavy atom. The fourth-order valence-corrected chi connectivity index (χ4v) is 2.81. The van der Waals surface area contributed by atoms with E-state index in [1.54, 1.807) is 25.1 Å². The molecule has 3 aromatic carbocycles. The minimum Gasteiger partial charge on any atom is -0.507 e. The van der Waals surface area contributed by atoms with Crippen molar-refractivity contribution in [2.75, 3.05) is 0 Å². The van der Waals surface area contributed by atoms with E-state index in [4.69, 9.17) is 4.74 Å². The van der Waals surface area contributed by atoms with Crippen LogP contribution in [-0.2, 0) is 4.79 Å². The van der Waals surface area contributed by atoms with Crippen LogP contribution in [-0.4, -0.2) is 23.3 Å².